The van der Waals surface area contributed by atoms with Gasteiger partial charge in [0.25, 0.3) is 0 Å². The molecule has 0 aliphatic rings. The van der Waals surface area contributed by atoms with Crippen LogP contribution in [0.15, 0.2) is 17.0 Å². The van der Waals surface area contributed by atoms with E-state index in [1.807, 2.05) is 0 Å². The molecule has 2 N–H and O–H groups in total. The van der Waals surface area contributed by atoms with Crippen LogP contribution in [0.5, 0.6) is 0 Å². The van der Waals surface area contributed by atoms with Crippen LogP contribution in [0.25, 0.3) is 0 Å². The molecule has 6 heteroatoms. The number of hydrogen-bond acceptors (Lipinski definition) is 3. The van der Waals surface area contributed by atoms with Gasteiger partial charge in [-0.05, 0) is 24.6 Å². The molecular formula is C9H11ClFNO2S. The number of benzene rings is 1. The maximum atomic E-state index is 13.2. The first-order valence-electron chi connectivity index (χ1n) is 4.27. The quantitative estimate of drug-likeness (QED) is 0.886. The summed E-state index contributed by atoms with van der Waals surface area (Å²) in [7, 11) is -3.58. The highest BCUT2D eigenvalue weighted by Gasteiger charge is 2.19. The van der Waals surface area contributed by atoms with E-state index in [4.69, 9.17) is 17.3 Å². The van der Waals surface area contributed by atoms with Gasteiger partial charge in [0, 0.05) is 6.54 Å². The monoisotopic (exact) mass is 251 g/mol. The van der Waals surface area contributed by atoms with Crippen molar-refractivity contribution in [2.45, 2.75) is 11.8 Å². The summed E-state index contributed by atoms with van der Waals surface area (Å²) in [6.07, 6.45) is 0. The van der Waals surface area contributed by atoms with Gasteiger partial charge < -0.3 is 5.73 Å². The highest BCUT2D eigenvalue weighted by atomic mass is 35.5. The third-order valence-electron chi connectivity index (χ3n) is 1.93. The van der Waals surface area contributed by atoms with Gasteiger partial charge >= 0.3 is 0 Å². The highest BCUT2D eigenvalue weighted by Crippen LogP contribution is 2.25. The lowest BCUT2D eigenvalue weighted by molar-refractivity contribution is 0.589. The predicted octanol–water partition coefficient (Wildman–Crippen LogP) is 1.52. The first kappa shape index (κ1) is 12.4. The molecule has 0 amide bonds. The van der Waals surface area contributed by atoms with Crippen LogP contribution in [-0.2, 0) is 9.84 Å². The zero-order chi connectivity index (χ0) is 11.6. The first-order chi connectivity index (χ1) is 6.88. The van der Waals surface area contributed by atoms with Crippen LogP contribution in [0.4, 0.5) is 4.39 Å². The van der Waals surface area contributed by atoms with E-state index in [9.17, 15) is 12.8 Å². The molecule has 0 unspecified atom stereocenters. The number of hydrogen-bond donors (Lipinski definition) is 1. The van der Waals surface area contributed by atoms with Gasteiger partial charge in [0.15, 0.2) is 9.84 Å². The minimum atomic E-state index is -3.58. The Labute approximate surface area is 93.0 Å². The number of halogens is 2. The van der Waals surface area contributed by atoms with E-state index in [2.05, 4.69) is 0 Å². The van der Waals surface area contributed by atoms with Crippen LogP contribution in [-0.4, -0.2) is 20.7 Å². The van der Waals surface area contributed by atoms with Crippen molar-refractivity contribution in [2.75, 3.05) is 12.3 Å². The summed E-state index contributed by atoms with van der Waals surface area (Å²) in [5.41, 5.74) is 5.47. The van der Waals surface area contributed by atoms with E-state index in [1.165, 1.54) is 13.0 Å². The summed E-state index contributed by atoms with van der Waals surface area (Å²) in [5.74, 6) is -0.829. The van der Waals surface area contributed by atoms with E-state index >= 15 is 0 Å². The Balaban J connectivity index is 3.33. The maximum Gasteiger partial charge on any atom is 0.181 e. The molecule has 1 rings (SSSR count). The summed E-state index contributed by atoms with van der Waals surface area (Å²) in [6.45, 7) is 1.49. The fourth-order valence-corrected chi connectivity index (χ4v) is 2.87. The van der Waals surface area contributed by atoms with E-state index < -0.39 is 15.7 Å². The molecule has 1 aromatic carbocycles. The van der Waals surface area contributed by atoms with Gasteiger partial charge in [0.1, 0.15) is 5.82 Å². The Kier molecular flexibility index (Phi) is 3.70. The lowest BCUT2D eigenvalue weighted by Crippen LogP contribution is -2.16. The third-order valence-corrected chi connectivity index (χ3v) is 4.14. The summed E-state index contributed by atoms with van der Waals surface area (Å²) >= 11 is 5.74. The molecule has 0 spiro atoms. The molecule has 84 valence electrons. The number of nitrogens with two attached hydrogens (primary N) is 1. The van der Waals surface area contributed by atoms with Crippen molar-refractivity contribution in [3.8, 4) is 0 Å². The Bertz CT molecular complexity index is 473. The molecule has 0 saturated heterocycles. The molecule has 0 aromatic heterocycles. The van der Waals surface area contributed by atoms with Crippen molar-refractivity contribution in [2.24, 2.45) is 5.73 Å². The topological polar surface area (TPSA) is 60.2 Å². The molecular weight excluding hydrogens is 241 g/mol. The van der Waals surface area contributed by atoms with Gasteiger partial charge in [-0.25, -0.2) is 12.8 Å². The molecule has 0 aliphatic heterocycles. The van der Waals surface area contributed by atoms with Gasteiger partial charge in [0.05, 0.1) is 15.7 Å². The maximum absolute atomic E-state index is 13.2. The lowest BCUT2D eigenvalue weighted by Gasteiger charge is -2.06. The van der Waals surface area contributed by atoms with Gasteiger partial charge in [-0.15, -0.1) is 0 Å². The lowest BCUT2D eigenvalue weighted by atomic mass is 10.2. The van der Waals surface area contributed by atoms with Crippen molar-refractivity contribution in [3.05, 3.63) is 28.5 Å². The van der Waals surface area contributed by atoms with Gasteiger partial charge in [0.2, 0.25) is 0 Å². The zero-order valence-corrected chi connectivity index (χ0v) is 9.70. The van der Waals surface area contributed by atoms with Crippen molar-refractivity contribution in [1.82, 2.24) is 0 Å². The van der Waals surface area contributed by atoms with Gasteiger partial charge in [-0.1, -0.05) is 11.6 Å². The van der Waals surface area contributed by atoms with Crippen LogP contribution in [0.3, 0.4) is 0 Å². The fraction of sp³-hybridized carbons (Fsp3) is 0.333. The Hall–Kier alpha value is -0.650. The minimum Gasteiger partial charge on any atom is -0.329 e. The van der Waals surface area contributed by atoms with Crippen LogP contribution < -0.4 is 5.73 Å². The summed E-state index contributed by atoms with van der Waals surface area (Å²) in [6, 6.07) is 2.23. The summed E-state index contributed by atoms with van der Waals surface area (Å²) < 4.78 is 36.3. The van der Waals surface area contributed by atoms with Crippen molar-refractivity contribution >= 4 is 21.4 Å². The second kappa shape index (κ2) is 4.47. The molecule has 0 radical (unpaired) electrons. The van der Waals surface area contributed by atoms with Crippen LogP contribution >= 0.6 is 11.6 Å². The fourth-order valence-electron chi connectivity index (χ4n) is 1.13. The Morgan fingerprint density at radius 1 is 1.47 bits per heavy atom. The van der Waals surface area contributed by atoms with E-state index in [1.54, 1.807) is 0 Å². The molecule has 0 heterocycles. The molecule has 15 heavy (non-hydrogen) atoms. The number of rotatable bonds is 3. The molecule has 0 fully saturated rings. The van der Waals surface area contributed by atoms with E-state index in [0.717, 1.165) is 6.07 Å². The molecule has 0 atom stereocenters. The van der Waals surface area contributed by atoms with Gasteiger partial charge in [-0.2, -0.15) is 0 Å². The molecule has 0 bridgehead atoms. The average Bonchev–Trinajstić information content (AvgIpc) is 2.11. The molecule has 0 aliphatic carbocycles. The predicted molar refractivity (Wildman–Crippen MR) is 57.3 cm³/mol. The van der Waals surface area contributed by atoms with Gasteiger partial charge in [-0.3, -0.25) is 0 Å². The van der Waals surface area contributed by atoms with Crippen molar-refractivity contribution in [3.63, 3.8) is 0 Å². The van der Waals surface area contributed by atoms with Crippen LogP contribution in [0, 0.1) is 12.7 Å². The first-order valence-corrected chi connectivity index (χ1v) is 6.30. The number of aryl methyl sites for hydroxylation is 1. The van der Waals surface area contributed by atoms with E-state index in [-0.39, 0.29) is 22.2 Å². The Morgan fingerprint density at radius 3 is 2.60 bits per heavy atom. The van der Waals surface area contributed by atoms with Crippen molar-refractivity contribution < 1.29 is 12.8 Å². The highest BCUT2D eigenvalue weighted by molar-refractivity contribution is 7.91. The SMILES string of the molecule is Cc1cc(Cl)c(S(=O)(=O)CCN)cc1F. The van der Waals surface area contributed by atoms with E-state index in [0.29, 0.717) is 5.56 Å². The second-order valence-corrected chi connectivity index (χ2v) is 5.62. The minimum absolute atomic E-state index is 0.0197. The third kappa shape index (κ3) is 2.68. The molecule has 1 aromatic rings. The molecule has 3 nitrogen and oxygen atoms in total. The second-order valence-electron chi connectivity index (χ2n) is 3.14. The van der Waals surface area contributed by atoms with Crippen LogP contribution in [0.2, 0.25) is 5.02 Å². The summed E-state index contributed by atoms with van der Waals surface area (Å²) in [4.78, 5) is -0.197. The smallest absolute Gasteiger partial charge is 0.181 e. The normalized spacial score (nSPS) is 11.7. The van der Waals surface area contributed by atoms with Crippen molar-refractivity contribution in [1.29, 1.82) is 0 Å². The number of sulfone groups is 1. The largest absolute Gasteiger partial charge is 0.329 e. The Morgan fingerprint density at radius 2 is 2.07 bits per heavy atom. The van der Waals surface area contributed by atoms with Crippen LogP contribution in [0.1, 0.15) is 5.56 Å². The summed E-state index contributed by atoms with van der Waals surface area (Å²) in [5, 5.41) is 0.0300. The zero-order valence-electron chi connectivity index (χ0n) is 8.13. The average molecular weight is 252 g/mol. The molecule has 0 saturated carbocycles. The standard InChI is InChI=1S/C9H11ClFNO2S/c1-6-4-7(10)9(5-8(6)11)15(13,14)3-2-12/h4-5H,2-3,12H2,1H3.